The van der Waals surface area contributed by atoms with Crippen molar-refractivity contribution in [3.8, 4) is 5.75 Å². The smallest absolute Gasteiger partial charge is 0.342 e. The van der Waals surface area contributed by atoms with E-state index >= 15 is 0 Å². The van der Waals surface area contributed by atoms with Crippen LogP contribution in [0, 0.1) is 5.41 Å². The Morgan fingerprint density at radius 3 is 2.23 bits per heavy atom. The molecule has 0 N–H and O–H groups in total. The molecule has 0 aliphatic carbocycles. The van der Waals surface area contributed by atoms with Gasteiger partial charge in [0, 0.05) is 0 Å². The summed E-state index contributed by atoms with van der Waals surface area (Å²) in [4.78, 5) is 25.2. The molecule has 0 aromatic heterocycles. The van der Waals surface area contributed by atoms with Crippen LogP contribution in [0.25, 0.3) is 0 Å². The average molecular weight is 294 g/mol. The molecular weight excluding hydrogens is 280 g/mol. The lowest BCUT2D eigenvalue weighted by molar-refractivity contribution is -0.201. The van der Waals surface area contributed by atoms with Crippen molar-refractivity contribution in [3.63, 3.8) is 0 Å². The first-order valence-corrected chi connectivity index (χ1v) is 7.13. The summed E-state index contributed by atoms with van der Waals surface area (Å²) in [5, 5.41) is 0. The summed E-state index contributed by atoms with van der Waals surface area (Å²) in [6.45, 7) is 3.50. The molecule has 0 amide bonds. The predicted octanol–water partition coefficient (Wildman–Crippen LogP) is 3.31. The topological polar surface area (TPSA) is 52.6 Å². The van der Waals surface area contributed by atoms with Crippen LogP contribution in [0.1, 0.15) is 40.1 Å². The summed E-state index contributed by atoms with van der Waals surface area (Å²) in [6.07, 6.45) is 0. The number of benzene rings is 2. The summed E-state index contributed by atoms with van der Waals surface area (Å²) < 4.78 is 11.7. The van der Waals surface area contributed by atoms with Crippen LogP contribution < -0.4 is 4.74 Å². The molecule has 1 spiro atoms. The van der Waals surface area contributed by atoms with Crippen molar-refractivity contribution >= 4 is 11.8 Å². The van der Waals surface area contributed by atoms with Crippen molar-refractivity contribution in [2.24, 2.45) is 5.41 Å². The van der Waals surface area contributed by atoms with Crippen LogP contribution in [-0.4, -0.2) is 11.8 Å². The van der Waals surface area contributed by atoms with E-state index in [2.05, 4.69) is 0 Å². The Morgan fingerprint density at radius 2 is 1.45 bits per heavy atom. The van der Waals surface area contributed by atoms with Crippen LogP contribution >= 0.6 is 0 Å². The number of fused-ring (bicyclic) bond motifs is 3. The number of para-hydroxylation sites is 1. The van der Waals surface area contributed by atoms with E-state index in [0.29, 0.717) is 22.4 Å². The van der Waals surface area contributed by atoms with Gasteiger partial charge in [0.25, 0.3) is 5.79 Å². The van der Waals surface area contributed by atoms with Gasteiger partial charge in [-0.3, -0.25) is 4.79 Å². The molecule has 2 aliphatic heterocycles. The fourth-order valence-electron chi connectivity index (χ4n) is 3.24. The SMILES string of the molecule is CC1(C)C(=O)c2ccccc2OC12OC(=O)c1ccccc12. The van der Waals surface area contributed by atoms with Gasteiger partial charge in [-0.15, -0.1) is 0 Å². The molecule has 0 bridgehead atoms. The van der Waals surface area contributed by atoms with Crippen LogP contribution in [0.2, 0.25) is 0 Å². The lowest BCUT2D eigenvalue weighted by atomic mass is 9.71. The van der Waals surface area contributed by atoms with Crippen molar-refractivity contribution in [2.75, 3.05) is 0 Å². The standard InChI is InChI=1S/C18H14O4/c1-17(2)15(19)12-8-4-6-10-14(12)21-18(17)13-9-5-3-7-11(13)16(20)22-18/h3-10H,1-2H3. The Balaban J connectivity index is 2.01. The van der Waals surface area contributed by atoms with Crippen LogP contribution in [0.4, 0.5) is 0 Å². The molecule has 0 radical (unpaired) electrons. The van der Waals surface area contributed by atoms with Gasteiger partial charge in [-0.25, -0.2) is 4.79 Å². The van der Waals surface area contributed by atoms with Crippen molar-refractivity contribution in [1.82, 2.24) is 0 Å². The number of esters is 1. The normalized spacial score (nSPS) is 24.5. The number of ether oxygens (including phenoxy) is 2. The largest absolute Gasteiger partial charge is 0.446 e. The van der Waals surface area contributed by atoms with Gasteiger partial charge in [-0.05, 0) is 32.0 Å². The van der Waals surface area contributed by atoms with Crippen molar-refractivity contribution < 1.29 is 19.1 Å². The second kappa shape index (κ2) is 3.97. The molecule has 4 nitrogen and oxygen atoms in total. The highest BCUT2D eigenvalue weighted by atomic mass is 16.7. The van der Waals surface area contributed by atoms with Crippen LogP contribution in [0.3, 0.4) is 0 Å². The molecule has 0 saturated heterocycles. The molecule has 4 heteroatoms. The van der Waals surface area contributed by atoms with Gasteiger partial charge >= 0.3 is 5.97 Å². The number of Topliss-reactive ketones (excluding diaryl/α,β-unsaturated/α-hetero) is 1. The first kappa shape index (κ1) is 13.1. The Bertz CT molecular complexity index is 821. The number of rotatable bonds is 0. The molecule has 2 aromatic rings. The molecule has 1 atom stereocenters. The fraction of sp³-hybridized carbons (Fsp3) is 0.222. The Morgan fingerprint density at radius 1 is 0.818 bits per heavy atom. The first-order chi connectivity index (χ1) is 10.5. The maximum absolute atomic E-state index is 12.9. The van der Waals surface area contributed by atoms with Gasteiger partial charge in [-0.2, -0.15) is 0 Å². The van der Waals surface area contributed by atoms with E-state index in [1.807, 2.05) is 6.07 Å². The van der Waals surface area contributed by atoms with E-state index in [0.717, 1.165) is 0 Å². The third-order valence-corrected chi connectivity index (χ3v) is 4.51. The number of hydrogen-bond donors (Lipinski definition) is 0. The van der Waals surface area contributed by atoms with Crippen LogP contribution in [-0.2, 0) is 10.5 Å². The molecule has 0 fully saturated rings. The quantitative estimate of drug-likeness (QED) is 0.699. The van der Waals surface area contributed by atoms with E-state index in [9.17, 15) is 9.59 Å². The highest BCUT2D eigenvalue weighted by Crippen LogP contribution is 2.54. The number of hydrogen-bond acceptors (Lipinski definition) is 4. The Kier molecular flexibility index (Phi) is 2.36. The van der Waals surface area contributed by atoms with E-state index < -0.39 is 17.2 Å². The maximum Gasteiger partial charge on any atom is 0.342 e. The Labute approximate surface area is 127 Å². The molecule has 2 heterocycles. The Hall–Kier alpha value is -2.62. The second-order valence-electron chi connectivity index (χ2n) is 6.10. The van der Waals surface area contributed by atoms with Crippen molar-refractivity contribution in [1.29, 1.82) is 0 Å². The molecule has 110 valence electrons. The lowest BCUT2D eigenvalue weighted by Gasteiger charge is -2.44. The zero-order chi connectivity index (χ0) is 15.5. The van der Waals surface area contributed by atoms with Crippen LogP contribution in [0.15, 0.2) is 48.5 Å². The molecule has 0 saturated carbocycles. The summed E-state index contributed by atoms with van der Waals surface area (Å²) >= 11 is 0. The maximum atomic E-state index is 12.9. The minimum atomic E-state index is -1.41. The first-order valence-electron chi connectivity index (χ1n) is 7.13. The average Bonchev–Trinajstić information content (AvgIpc) is 2.80. The van der Waals surface area contributed by atoms with Crippen molar-refractivity contribution in [2.45, 2.75) is 19.6 Å². The number of carbonyl (C=O) groups is 2. The van der Waals surface area contributed by atoms with E-state index in [-0.39, 0.29) is 5.78 Å². The third-order valence-electron chi connectivity index (χ3n) is 4.51. The van der Waals surface area contributed by atoms with Crippen LogP contribution in [0.5, 0.6) is 5.75 Å². The lowest BCUT2D eigenvalue weighted by Crippen LogP contribution is -2.54. The van der Waals surface area contributed by atoms with E-state index in [4.69, 9.17) is 9.47 Å². The molecule has 2 aliphatic rings. The summed E-state index contributed by atoms with van der Waals surface area (Å²) in [6, 6.07) is 14.1. The van der Waals surface area contributed by atoms with Gasteiger partial charge in [0.15, 0.2) is 5.78 Å². The zero-order valence-corrected chi connectivity index (χ0v) is 12.3. The zero-order valence-electron chi connectivity index (χ0n) is 12.3. The summed E-state index contributed by atoms with van der Waals surface area (Å²) in [5.41, 5.74) is 0.540. The fourth-order valence-corrected chi connectivity index (χ4v) is 3.24. The molecule has 2 aromatic carbocycles. The minimum absolute atomic E-state index is 0.0983. The van der Waals surface area contributed by atoms with Crippen molar-refractivity contribution in [3.05, 3.63) is 65.2 Å². The van der Waals surface area contributed by atoms with Gasteiger partial charge in [0.1, 0.15) is 11.2 Å². The molecule has 4 rings (SSSR count). The highest BCUT2D eigenvalue weighted by molar-refractivity contribution is 6.06. The number of ketones is 1. The second-order valence-corrected chi connectivity index (χ2v) is 6.10. The summed E-state index contributed by atoms with van der Waals surface area (Å²) in [5.74, 6) is -1.53. The summed E-state index contributed by atoms with van der Waals surface area (Å²) in [7, 11) is 0. The molecule has 22 heavy (non-hydrogen) atoms. The van der Waals surface area contributed by atoms with Gasteiger partial charge < -0.3 is 9.47 Å². The molecule has 1 unspecified atom stereocenters. The van der Waals surface area contributed by atoms with Gasteiger partial charge in [0.05, 0.1) is 16.7 Å². The van der Waals surface area contributed by atoms with E-state index in [1.54, 1.807) is 56.3 Å². The third kappa shape index (κ3) is 1.37. The highest BCUT2D eigenvalue weighted by Gasteiger charge is 2.64. The monoisotopic (exact) mass is 294 g/mol. The predicted molar refractivity (Wildman–Crippen MR) is 78.7 cm³/mol. The van der Waals surface area contributed by atoms with Gasteiger partial charge in [0.2, 0.25) is 0 Å². The van der Waals surface area contributed by atoms with Gasteiger partial charge in [-0.1, -0.05) is 30.3 Å². The van der Waals surface area contributed by atoms with E-state index in [1.165, 1.54) is 0 Å². The minimum Gasteiger partial charge on any atom is -0.446 e. The molecular formula is C18H14O4. The number of carbonyl (C=O) groups excluding carboxylic acids is 2.